The van der Waals surface area contributed by atoms with E-state index in [4.69, 9.17) is 5.73 Å². The molecule has 3 N–H and O–H groups in total. The number of hydrogen-bond acceptors (Lipinski definition) is 3. The molecule has 3 rings (SSSR count). The van der Waals surface area contributed by atoms with Gasteiger partial charge in [-0.2, -0.15) is 0 Å². The summed E-state index contributed by atoms with van der Waals surface area (Å²) in [6.07, 6.45) is 5.08. The van der Waals surface area contributed by atoms with Crippen LogP contribution in [0, 0.1) is 17.8 Å². The van der Waals surface area contributed by atoms with Crippen LogP contribution in [0.5, 0.6) is 0 Å². The third-order valence-electron chi connectivity index (χ3n) is 4.41. The molecule has 5 heteroatoms. The first-order chi connectivity index (χ1) is 9.60. The van der Waals surface area contributed by atoms with Crippen LogP contribution in [0.2, 0.25) is 0 Å². The predicted octanol–water partition coefficient (Wildman–Crippen LogP) is 1.86. The molecule has 2 saturated carbocycles. The molecule has 110 valence electrons. The standard InChI is InChI=1S/C15H22N2O2S/c16-9-11-2-1-3-14(8-11)20(18,19)17-10-15(12-4-5-12)13-6-7-13/h1-3,8,12-13,15,17H,4-7,9-10,16H2. The SMILES string of the molecule is NCc1cccc(S(=O)(=O)NCC(C2CC2)C2CC2)c1. The van der Waals surface area contributed by atoms with E-state index in [2.05, 4.69) is 4.72 Å². The van der Waals surface area contributed by atoms with Gasteiger partial charge in [0.25, 0.3) is 0 Å². The lowest BCUT2D eigenvalue weighted by atomic mass is 9.99. The van der Waals surface area contributed by atoms with Crippen molar-refractivity contribution in [1.29, 1.82) is 0 Å². The van der Waals surface area contributed by atoms with E-state index < -0.39 is 10.0 Å². The molecule has 1 aromatic rings. The van der Waals surface area contributed by atoms with E-state index in [-0.39, 0.29) is 0 Å². The average Bonchev–Trinajstić information content (AvgIpc) is 3.32. The van der Waals surface area contributed by atoms with Gasteiger partial charge >= 0.3 is 0 Å². The van der Waals surface area contributed by atoms with Crippen molar-refractivity contribution in [1.82, 2.24) is 4.72 Å². The molecule has 0 radical (unpaired) electrons. The first kappa shape index (κ1) is 14.0. The van der Waals surface area contributed by atoms with E-state index in [1.807, 2.05) is 6.07 Å². The molecule has 4 nitrogen and oxygen atoms in total. The number of nitrogens with two attached hydrogens (primary N) is 1. The third-order valence-corrected chi connectivity index (χ3v) is 5.83. The Kier molecular flexibility index (Phi) is 3.84. The van der Waals surface area contributed by atoms with Crippen molar-refractivity contribution < 1.29 is 8.42 Å². The summed E-state index contributed by atoms with van der Waals surface area (Å²) in [7, 11) is -3.40. The van der Waals surface area contributed by atoms with Gasteiger partial charge in [-0.05, 0) is 61.1 Å². The molecular formula is C15H22N2O2S. The second kappa shape index (κ2) is 5.47. The molecule has 2 aliphatic carbocycles. The van der Waals surface area contributed by atoms with E-state index in [0.29, 0.717) is 23.9 Å². The summed E-state index contributed by atoms with van der Waals surface area (Å²) in [6, 6.07) is 6.88. The normalized spacial score (nSPS) is 19.5. The lowest BCUT2D eigenvalue weighted by Gasteiger charge is -2.16. The number of nitrogens with one attached hydrogen (secondary N) is 1. The van der Waals surface area contributed by atoms with Crippen molar-refractivity contribution in [3.8, 4) is 0 Å². The van der Waals surface area contributed by atoms with Gasteiger partial charge in [-0.3, -0.25) is 0 Å². The molecule has 0 bridgehead atoms. The molecule has 2 fully saturated rings. The van der Waals surface area contributed by atoms with Crippen LogP contribution < -0.4 is 10.5 Å². The van der Waals surface area contributed by atoms with Crippen molar-refractivity contribution in [2.75, 3.05) is 6.54 Å². The van der Waals surface area contributed by atoms with Crippen LogP contribution in [0.4, 0.5) is 0 Å². The highest BCUT2D eigenvalue weighted by Crippen LogP contribution is 2.48. The maximum absolute atomic E-state index is 12.3. The van der Waals surface area contributed by atoms with Gasteiger partial charge in [0.1, 0.15) is 0 Å². The smallest absolute Gasteiger partial charge is 0.240 e. The van der Waals surface area contributed by atoms with Crippen molar-refractivity contribution >= 4 is 10.0 Å². The van der Waals surface area contributed by atoms with Crippen LogP contribution in [0.15, 0.2) is 29.2 Å². The lowest BCUT2D eigenvalue weighted by molar-refractivity contribution is 0.401. The van der Waals surface area contributed by atoms with Crippen molar-refractivity contribution in [3.05, 3.63) is 29.8 Å². The first-order valence-corrected chi connectivity index (χ1v) is 8.87. The number of sulfonamides is 1. The minimum atomic E-state index is -3.40. The van der Waals surface area contributed by atoms with Crippen molar-refractivity contribution in [3.63, 3.8) is 0 Å². The van der Waals surface area contributed by atoms with E-state index in [1.165, 1.54) is 25.7 Å². The molecule has 2 aliphatic rings. The highest BCUT2D eigenvalue weighted by molar-refractivity contribution is 7.89. The van der Waals surface area contributed by atoms with Gasteiger partial charge in [0, 0.05) is 13.1 Å². The zero-order chi connectivity index (χ0) is 14.2. The summed E-state index contributed by atoms with van der Waals surface area (Å²) >= 11 is 0. The topological polar surface area (TPSA) is 72.2 Å². The molecule has 0 heterocycles. The van der Waals surface area contributed by atoms with Crippen molar-refractivity contribution in [2.24, 2.45) is 23.5 Å². The maximum Gasteiger partial charge on any atom is 0.240 e. The third kappa shape index (κ3) is 3.22. The fourth-order valence-corrected chi connectivity index (χ4v) is 4.04. The van der Waals surface area contributed by atoms with Crippen LogP contribution in [-0.4, -0.2) is 15.0 Å². The zero-order valence-corrected chi connectivity index (χ0v) is 12.4. The molecule has 20 heavy (non-hydrogen) atoms. The Bertz CT molecular complexity index is 565. The monoisotopic (exact) mass is 294 g/mol. The second-order valence-corrected chi connectivity index (χ2v) is 7.81. The van der Waals surface area contributed by atoms with Crippen molar-refractivity contribution in [2.45, 2.75) is 37.1 Å². The zero-order valence-electron chi connectivity index (χ0n) is 11.6. The van der Waals surface area contributed by atoms with Gasteiger partial charge in [-0.1, -0.05) is 12.1 Å². The molecule has 0 aromatic heterocycles. The second-order valence-electron chi connectivity index (χ2n) is 6.04. The minimum absolute atomic E-state index is 0.325. The Morgan fingerprint density at radius 1 is 1.20 bits per heavy atom. The summed E-state index contributed by atoms with van der Waals surface area (Å²) in [5.74, 6) is 2.05. The van der Waals surface area contributed by atoms with E-state index >= 15 is 0 Å². The fourth-order valence-electron chi connectivity index (χ4n) is 2.90. The van der Waals surface area contributed by atoms with Crippen LogP contribution in [0.1, 0.15) is 31.2 Å². The molecule has 0 amide bonds. The first-order valence-electron chi connectivity index (χ1n) is 7.39. The molecule has 0 unspecified atom stereocenters. The predicted molar refractivity (Wildman–Crippen MR) is 78.5 cm³/mol. The summed E-state index contributed by atoms with van der Waals surface area (Å²) in [6.45, 7) is 0.945. The highest BCUT2D eigenvalue weighted by Gasteiger charge is 2.41. The van der Waals surface area contributed by atoms with Gasteiger partial charge in [0.05, 0.1) is 4.90 Å². The van der Waals surface area contributed by atoms with E-state index in [9.17, 15) is 8.42 Å². The molecule has 0 atom stereocenters. The number of rotatable bonds is 7. The van der Waals surface area contributed by atoms with Gasteiger partial charge in [-0.25, -0.2) is 13.1 Å². The highest BCUT2D eigenvalue weighted by atomic mass is 32.2. The Morgan fingerprint density at radius 2 is 1.85 bits per heavy atom. The van der Waals surface area contributed by atoms with Crippen LogP contribution >= 0.6 is 0 Å². The Balaban J connectivity index is 1.67. The molecule has 0 saturated heterocycles. The average molecular weight is 294 g/mol. The maximum atomic E-state index is 12.3. The quantitative estimate of drug-likeness (QED) is 0.806. The largest absolute Gasteiger partial charge is 0.326 e. The molecular weight excluding hydrogens is 272 g/mol. The summed E-state index contributed by atoms with van der Waals surface area (Å²) < 4.78 is 27.5. The number of benzene rings is 1. The van der Waals surface area contributed by atoms with Crippen LogP contribution in [-0.2, 0) is 16.6 Å². The summed E-state index contributed by atoms with van der Waals surface area (Å²) in [5.41, 5.74) is 6.41. The van der Waals surface area contributed by atoms with Gasteiger partial charge in [-0.15, -0.1) is 0 Å². The molecule has 0 spiro atoms. The van der Waals surface area contributed by atoms with Gasteiger partial charge in [0.15, 0.2) is 0 Å². The number of hydrogen-bond donors (Lipinski definition) is 2. The van der Waals surface area contributed by atoms with E-state index in [1.54, 1.807) is 18.2 Å². The summed E-state index contributed by atoms with van der Waals surface area (Å²) in [4.78, 5) is 0.325. The fraction of sp³-hybridized carbons (Fsp3) is 0.600. The lowest BCUT2D eigenvalue weighted by Crippen LogP contribution is -2.31. The Hall–Kier alpha value is -0.910. The minimum Gasteiger partial charge on any atom is -0.326 e. The van der Waals surface area contributed by atoms with Gasteiger partial charge in [0.2, 0.25) is 10.0 Å². The Morgan fingerprint density at radius 3 is 2.40 bits per heavy atom. The molecule has 0 aliphatic heterocycles. The summed E-state index contributed by atoms with van der Waals surface area (Å²) in [5, 5.41) is 0. The van der Waals surface area contributed by atoms with Crippen LogP contribution in [0.3, 0.4) is 0 Å². The molecule has 1 aromatic carbocycles. The van der Waals surface area contributed by atoms with Crippen LogP contribution in [0.25, 0.3) is 0 Å². The van der Waals surface area contributed by atoms with Gasteiger partial charge < -0.3 is 5.73 Å². The van der Waals surface area contributed by atoms with E-state index in [0.717, 1.165) is 17.4 Å². The Labute approximate surface area is 120 Å².